The van der Waals surface area contributed by atoms with Crippen molar-refractivity contribution in [2.75, 3.05) is 18.0 Å². The maximum absolute atomic E-state index is 14.1. The second-order valence-corrected chi connectivity index (χ2v) is 13.0. The summed E-state index contributed by atoms with van der Waals surface area (Å²) in [5, 5.41) is 3.29. The fourth-order valence-electron chi connectivity index (χ4n) is 5.12. The number of hydrogen-bond donors (Lipinski definition) is 1. The highest BCUT2D eigenvalue weighted by atomic mass is 35.5. The fraction of sp³-hybridized carbons (Fsp3) is 0.375. The van der Waals surface area contributed by atoms with Crippen molar-refractivity contribution in [3.8, 4) is 5.75 Å². The molecule has 1 atom stereocenters. The molecule has 4 rings (SSSR count). The Balaban J connectivity index is 1.72. The van der Waals surface area contributed by atoms with Gasteiger partial charge < -0.3 is 15.0 Å². The van der Waals surface area contributed by atoms with Gasteiger partial charge in [-0.1, -0.05) is 66.4 Å². The summed E-state index contributed by atoms with van der Waals surface area (Å²) in [5.41, 5.74) is 2.93. The first-order valence-corrected chi connectivity index (χ1v) is 15.9. The molecule has 0 saturated heterocycles. The van der Waals surface area contributed by atoms with Crippen LogP contribution in [0.2, 0.25) is 5.02 Å². The number of halogens is 1. The molecule has 0 bridgehead atoms. The minimum atomic E-state index is -4.20. The van der Waals surface area contributed by atoms with Crippen molar-refractivity contribution in [3.63, 3.8) is 0 Å². The molecule has 224 valence electrons. The number of carbonyl (C=O) groups is 2. The Hall–Kier alpha value is -3.56. The zero-order chi connectivity index (χ0) is 30.4. The molecule has 0 aliphatic heterocycles. The second kappa shape index (κ2) is 13.6. The van der Waals surface area contributed by atoms with E-state index in [1.54, 1.807) is 31.2 Å². The van der Waals surface area contributed by atoms with E-state index in [0.29, 0.717) is 5.75 Å². The lowest BCUT2D eigenvalue weighted by Gasteiger charge is -2.33. The van der Waals surface area contributed by atoms with Crippen LogP contribution >= 0.6 is 11.6 Å². The molecule has 1 fully saturated rings. The Morgan fingerprint density at radius 1 is 1.02 bits per heavy atom. The smallest absolute Gasteiger partial charge is 0.264 e. The summed E-state index contributed by atoms with van der Waals surface area (Å²) in [4.78, 5) is 29.0. The molecule has 0 aromatic heterocycles. The molecule has 0 radical (unpaired) electrons. The largest absolute Gasteiger partial charge is 0.495 e. The molecule has 2 amide bonds. The average Bonchev–Trinajstić information content (AvgIpc) is 3.48. The van der Waals surface area contributed by atoms with Crippen LogP contribution in [0.1, 0.15) is 49.3 Å². The van der Waals surface area contributed by atoms with E-state index in [0.717, 1.165) is 46.7 Å². The van der Waals surface area contributed by atoms with Crippen molar-refractivity contribution in [2.45, 2.75) is 70.0 Å². The minimum absolute atomic E-state index is 0.0327. The van der Waals surface area contributed by atoms with Gasteiger partial charge in [-0.15, -0.1) is 0 Å². The highest BCUT2D eigenvalue weighted by Crippen LogP contribution is 2.32. The molecule has 3 aromatic rings. The molecule has 3 aromatic carbocycles. The monoisotopic (exact) mass is 611 g/mol. The number of aryl methyl sites for hydroxylation is 2. The molecule has 1 N–H and O–H groups in total. The predicted molar refractivity (Wildman–Crippen MR) is 165 cm³/mol. The van der Waals surface area contributed by atoms with Crippen molar-refractivity contribution in [1.82, 2.24) is 10.2 Å². The maximum Gasteiger partial charge on any atom is 0.264 e. The van der Waals surface area contributed by atoms with Gasteiger partial charge in [0.2, 0.25) is 11.8 Å². The molecule has 1 aliphatic rings. The molecule has 1 aliphatic carbocycles. The average molecular weight is 612 g/mol. The third-order valence-corrected chi connectivity index (χ3v) is 9.87. The molecule has 0 unspecified atom stereocenters. The topological polar surface area (TPSA) is 96.0 Å². The Morgan fingerprint density at radius 2 is 1.69 bits per heavy atom. The van der Waals surface area contributed by atoms with Gasteiger partial charge in [-0.2, -0.15) is 0 Å². The second-order valence-electron chi connectivity index (χ2n) is 10.8. The lowest BCUT2D eigenvalue weighted by Crippen LogP contribution is -2.52. The van der Waals surface area contributed by atoms with Crippen LogP contribution in [0.4, 0.5) is 5.69 Å². The van der Waals surface area contributed by atoms with Gasteiger partial charge in [-0.25, -0.2) is 8.42 Å². The first kappa shape index (κ1) is 31.4. The van der Waals surface area contributed by atoms with Crippen molar-refractivity contribution in [1.29, 1.82) is 0 Å². The van der Waals surface area contributed by atoms with E-state index >= 15 is 0 Å². The number of methoxy groups -OCH3 is 1. The summed E-state index contributed by atoms with van der Waals surface area (Å²) < 4.78 is 34.3. The van der Waals surface area contributed by atoms with E-state index in [9.17, 15) is 18.0 Å². The number of nitrogens with zero attached hydrogens (tertiary/aromatic N) is 2. The number of rotatable bonds is 11. The number of benzene rings is 3. The number of anilines is 1. The number of amides is 2. The first-order valence-electron chi connectivity index (χ1n) is 14.1. The van der Waals surface area contributed by atoms with Crippen LogP contribution in [0.5, 0.6) is 5.75 Å². The van der Waals surface area contributed by atoms with Gasteiger partial charge in [-0.05, 0) is 75.1 Å². The Morgan fingerprint density at radius 3 is 2.31 bits per heavy atom. The predicted octanol–water partition coefficient (Wildman–Crippen LogP) is 5.64. The van der Waals surface area contributed by atoms with E-state index in [2.05, 4.69) is 5.32 Å². The molecular weight excluding hydrogens is 574 g/mol. The molecule has 8 nitrogen and oxygen atoms in total. The molecule has 10 heteroatoms. The molecule has 1 saturated carbocycles. The van der Waals surface area contributed by atoms with Crippen LogP contribution in [0, 0.1) is 13.8 Å². The Labute approximate surface area is 253 Å². The van der Waals surface area contributed by atoms with Crippen LogP contribution < -0.4 is 14.4 Å². The lowest BCUT2D eigenvalue weighted by atomic mass is 10.1. The number of carbonyl (C=O) groups excluding carboxylic acids is 2. The fourth-order valence-corrected chi connectivity index (χ4v) is 6.78. The van der Waals surface area contributed by atoms with Crippen LogP contribution in [0.25, 0.3) is 0 Å². The van der Waals surface area contributed by atoms with Crippen molar-refractivity contribution in [3.05, 3.63) is 88.4 Å². The van der Waals surface area contributed by atoms with Crippen molar-refractivity contribution in [2.24, 2.45) is 0 Å². The summed E-state index contributed by atoms with van der Waals surface area (Å²) in [6.07, 6.45) is 3.93. The molecule has 0 spiro atoms. The summed E-state index contributed by atoms with van der Waals surface area (Å²) in [5.74, 6) is -0.406. The molecule has 0 heterocycles. The van der Waals surface area contributed by atoms with Crippen LogP contribution in [0.3, 0.4) is 0 Å². The van der Waals surface area contributed by atoms with Gasteiger partial charge in [0, 0.05) is 12.6 Å². The van der Waals surface area contributed by atoms with E-state index in [4.69, 9.17) is 16.3 Å². The summed E-state index contributed by atoms with van der Waals surface area (Å²) in [6, 6.07) is 17.9. The van der Waals surface area contributed by atoms with Crippen LogP contribution in [0.15, 0.2) is 71.6 Å². The van der Waals surface area contributed by atoms with Crippen molar-refractivity contribution >= 4 is 39.1 Å². The van der Waals surface area contributed by atoms with E-state index < -0.39 is 28.5 Å². The van der Waals surface area contributed by atoms with Gasteiger partial charge in [-0.3, -0.25) is 13.9 Å². The quantitative estimate of drug-likeness (QED) is 0.303. The number of ether oxygens (including phenoxy) is 1. The highest BCUT2D eigenvalue weighted by Gasteiger charge is 2.33. The van der Waals surface area contributed by atoms with E-state index in [1.807, 2.05) is 38.1 Å². The minimum Gasteiger partial charge on any atom is -0.495 e. The van der Waals surface area contributed by atoms with Crippen molar-refractivity contribution < 1.29 is 22.7 Å². The standard InChI is InChI=1S/C32H38ClN3O5S/c1-22-13-16-28(17-14-22)42(39,40)36(27-15-18-30(41-4)29(33)19-27)21-31(37)35(20-25-10-6-5-9-23(25)2)24(3)32(38)34-26-11-7-8-12-26/h5-6,9-10,13-19,24,26H,7-8,11-12,20-21H2,1-4H3,(H,34,38)/t24-/m1/s1. The third kappa shape index (κ3) is 7.25. The van der Waals surface area contributed by atoms with Gasteiger partial charge >= 0.3 is 0 Å². The van der Waals surface area contributed by atoms with Gasteiger partial charge in [0.1, 0.15) is 18.3 Å². The van der Waals surface area contributed by atoms with Crippen LogP contribution in [-0.2, 0) is 26.2 Å². The lowest BCUT2D eigenvalue weighted by molar-refractivity contribution is -0.139. The summed E-state index contributed by atoms with van der Waals surface area (Å²) >= 11 is 6.39. The van der Waals surface area contributed by atoms with Gasteiger partial charge in [0.15, 0.2) is 0 Å². The maximum atomic E-state index is 14.1. The van der Waals surface area contributed by atoms with Gasteiger partial charge in [0.25, 0.3) is 10.0 Å². The highest BCUT2D eigenvalue weighted by molar-refractivity contribution is 7.92. The van der Waals surface area contributed by atoms with E-state index in [-0.39, 0.29) is 34.1 Å². The molecule has 42 heavy (non-hydrogen) atoms. The Bertz CT molecular complexity index is 1520. The number of hydrogen-bond acceptors (Lipinski definition) is 5. The van der Waals surface area contributed by atoms with E-state index in [1.165, 1.54) is 30.2 Å². The van der Waals surface area contributed by atoms with Crippen LogP contribution in [-0.4, -0.2) is 50.9 Å². The zero-order valence-corrected chi connectivity index (χ0v) is 26.0. The third-order valence-electron chi connectivity index (χ3n) is 7.78. The van der Waals surface area contributed by atoms with Gasteiger partial charge in [0.05, 0.1) is 22.7 Å². The zero-order valence-electron chi connectivity index (χ0n) is 24.5. The Kier molecular flexibility index (Phi) is 10.2. The number of nitrogens with one attached hydrogen (secondary N) is 1. The molecular formula is C32H38ClN3O5S. The SMILES string of the molecule is COc1ccc(N(CC(=O)N(Cc2ccccc2C)[C@H](C)C(=O)NC2CCCC2)S(=O)(=O)c2ccc(C)cc2)cc1Cl. The summed E-state index contributed by atoms with van der Waals surface area (Å²) in [6.45, 7) is 5.10. The number of sulfonamides is 1. The normalized spacial score (nSPS) is 14.3. The summed E-state index contributed by atoms with van der Waals surface area (Å²) in [7, 11) is -2.73. The first-order chi connectivity index (χ1) is 20.0.